The quantitative estimate of drug-likeness (QED) is 0.222. The number of aromatic nitrogens is 1. The van der Waals surface area contributed by atoms with Gasteiger partial charge in [0.2, 0.25) is 11.8 Å². The van der Waals surface area contributed by atoms with Gasteiger partial charge < -0.3 is 15.1 Å². The molecule has 0 atom stereocenters. The molecule has 2 N–H and O–H groups in total. The first kappa shape index (κ1) is 24.3. The fourth-order valence-electron chi connectivity index (χ4n) is 3.25. The Morgan fingerprint density at radius 1 is 1.06 bits per heavy atom. The number of halogens is 1. The Bertz CT molecular complexity index is 1330. The predicted octanol–water partition coefficient (Wildman–Crippen LogP) is 7.05. The van der Waals surface area contributed by atoms with Gasteiger partial charge in [-0.05, 0) is 77.8 Å². The number of hydrogen-bond donors (Lipinski definition) is 2. The zero-order valence-electron chi connectivity index (χ0n) is 19.0. The summed E-state index contributed by atoms with van der Waals surface area (Å²) in [4.78, 5) is 17.8. The number of amides is 1. The van der Waals surface area contributed by atoms with E-state index >= 15 is 0 Å². The number of oxazole rings is 1. The maximum absolute atomic E-state index is 12.2. The Kier molecular flexibility index (Phi) is 7.26. The molecule has 4 aromatic rings. The normalized spacial score (nSPS) is 11.4. The third-order valence-electron chi connectivity index (χ3n) is 5.08. The summed E-state index contributed by atoms with van der Waals surface area (Å²) in [6.45, 7) is 6.55. The Labute approximate surface area is 213 Å². The maximum Gasteiger partial charge on any atom is 0.236 e. The molecule has 174 valence electrons. The van der Waals surface area contributed by atoms with Gasteiger partial charge in [-0.25, -0.2) is 4.98 Å². The summed E-state index contributed by atoms with van der Waals surface area (Å²) in [5.74, 6) is 0.604. The Hall–Kier alpha value is -2.87. The molecule has 34 heavy (non-hydrogen) atoms. The molecule has 1 aromatic heterocycles. The number of fused-ring (bicyclic) bond motifs is 1. The van der Waals surface area contributed by atoms with Crippen LogP contribution in [0.1, 0.15) is 26.3 Å². The second-order valence-electron chi connectivity index (χ2n) is 8.77. The Morgan fingerprint density at radius 2 is 1.76 bits per heavy atom. The van der Waals surface area contributed by atoms with Gasteiger partial charge in [0.05, 0.1) is 5.75 Å². The van der Waals surface area contributed by atoms with Gasteiger partial charge in [-0.15, -0.1) is 11.8 Å². The van der Waals surface area contributed by atoms with Crippen LogP contribution < -0.4 is 10.6 Å². The standard InChI is InChI=1S/C26H24ClN3O2S2/c1-26(2,3)17-6-4-16(5-7-17)24-29-21-14-19(10-13-22(21)32-24)28-25(33)30-23(31)15-34-20-11-8-18(27)9-12-20/h4-14H,15H2,1-3H3,(H2,28,30,31,33). The van der Waals surface area contributed by atoms with Crippen LogP contribution in [0.5, 0.6) is 0 Å². The molecule has 1 amide bonds. The molecule has 3 aromatic carbocycles. The van der Waals surface area contributed by atoms with Gasteiger partial charge in [0.1, 0.15) is 5.52 Å². The molecule has 0 aliphatic heterocycles. The lowest BCUT2D eigenvalue weighted by molar-refractivity contribution is -0.117. The van der Waals surface area contributed by atoms with Gasteiger partial charge >= 0.3 is 0 Å². The van der Waals surface area contributed by atoms with E-state index in [1.54, 1.807) is 12.1 Å². The Morgan fingerprint density at radius 3 is 2.44 bits per heavy atom. The number of carbonyl (C=O) groups excluding carboxylic acids is 1. The van der Waals surface area contributed by atoms with E-state index in [4.69, 9.17) is 28.2 Å². The summed E-state index contributed by atoms with van der Waals surface area (Å²) in [7, 11) is 0. The van der Waals surface area contributed by atoms with Gasteiger partial charge in [0.25, 0.3) is 0 Å². The summed E-state index contributed by atoms with van der Waals surface area (Å²) in [6.07, 6.45) is 0. The van der Waals surface area contributed by atoms with E-state index in [0.717, 1.165) is 10.5 Å². The second-order valence-corrected chi connectivity index (χ2v) is 10.7. The zero-order chi connectivity index (χ0) is 24.3. The number of anilines is 1. The smallest absolute Gasteiger partial charge is 0.236 e. The molecule has 4 rings (SSSR count). The molecule has 0 bridgehead atoms. The molecule has 0 aliphatic rings. The van der Waals surface area contributed by atoms with Crippen molar-refractivity contribution >= 4 is 63.4 Å². The molecular formula is C26H24ClN3O2S2. The molecular weight excluding hydrogens is 486 g/mol. The topological polar surface area (TPSA) is 67.2 Å². The van der Waals surface area contributed by atoms with E-state index in [2.05, 4.69) is 48.5 Å². The van der Waals surface area contributed by atoms with Gasteiger partial charge in [-0.3, -0.25) is 4.79 Å². The van der Waals surface area contributed by atoms with Crippen LogP contribution in [-0.2, 0) is 10.2 Å². The lowest BCUT2D eigenvalue weighted by atomic mass is 9.87. The van der Waals surface area contributed by atoms with Crippen molar-refractivity contribution in [3.05, 3.63) is 77.3 Å². The van der Waals surface area contributed by atoms with Crippen LogP contribution in [0.4, 0.5) is 5.69 Å². The molecule has 0 saturated carbocycles. The Balaban J connectivity index is 1.37. The third-order valence-corrected chi connectivity index (χ3v) is 6.55. The zero-order valence-corrected chi connectivity index (χ0v) is 21.4. The van der Waals surface area contributed by atoms with Gasteiger partial charge in [-0.1, -0.05) is 44.5 Å². The number of hydrogen-bond acceptors (Lipinski definition) is 5. The molecule has 0 radical (unpaired) electrons. The number of nitrogens with one attached hydrogen (secondary N) is 2. The summed E-state index contributed by atoms with van der Waals surface area (Å²) in [5, 5.41) is 6.62. The van der Waals surface area contributed by atoms with Crippen molar-refractivity contribution in [2.45, 2.75) is 31.1 Å². The number of thioether (sulfide) groups is 1. The van der Waals surface area contributed by atoms with Crippen LogP contribution in [0.25, 0.3) is 22.6 Å². The highest BCUT2D eigenvalue weighted by Crippen LogP contribution is 2.29. The van der Waals surface area contributed by atoms with Crippen molar-refractivity contribution in [3.63, 3.8) is 0 Å². The summed E-state index contributed by atoms with van der Waals surface area (Å²) < 4.78 is 5.93. The monoisotopic (exact) mass is 509 g/mol. The maximum atomic E-state index is 12.2. The first-order valence-corrected chi connectivity index (χ1v) is 12.5. The van der Waals surface area contributed by atoms with E-state index in [1.165, 1.54) is 17.3 Å². The predicted molar refractivity (Wildman–Crippen MR) is 145 cm³/mol. The van der Waals surface area contributed by atoms with E-state index in [-0.39, 0.29) is 22.2 Å². The van der Waals surface area contributed by atoms with Crippen LogP contribution in [0, 0.1) is 0 Å². The highest BCUT2D eigenvalue weighted by molar-refractivity contribution is 8.00. The number of rotatable bonds is 5. The minimum Gasteiger partial charge on any atom is -0.436 e. The molecule has 0 spiro atoms. The fraction of sp³-hybridized carbons (Fsp3) is 0.192. The fourth-order valence-corrected chi connectivity index (χ4v) is 4.30. The van der Waals surface area contributed by atoms with Crippen molar-refractivity contribution in [2.75, 3.05) is 11.1 Å². The first-order chi connectivity index (χ1) is 16.2. The number of thiocarbonyl (C=S) groups is 1. The molecule has 8 heteroatoms. The van der Waals surface area contributed by atoms with Crippen molar-refractivity contribution in [1.82, 2.24) is 10.3 Å². The summed E-state index contributed by atoms with van der Waals surface area (Å²) in [5.41, 5.74) is 4.34. The first-order valence-electron chi connectivity index (χ1n) is 10.7. The van der Waals surface area contributed by atoms with Gasteiger partial charge in [0, 0.05) is 21.2 Å². The van der Waals surface area contributed by atoms with Gasteiger partial charge in [-0.2, -0.15) is 0 Å². The van der Waals surface area contributed by atoms with Crippen LogP contribution in [0.3, 0.4) is 0 Å². The van der Waals surface area contributed by atoms with Crippen molar-refractivity contribution in [3.8, 4) is 11.5 Å². The molecule has 1 heterocycles. The van der Waals surface area contributed by atoms with Crippen molar-refractivity contribution < 1.29 is 9.21 Å². The van der Waals surface area contributed by atoms with E-state index in [1.807, 2.05) is 42.5 Å². The van der Waals surface area contributed by atoms with Crippen LogP contribution in [-0.4, -0.2) is 21.8 Å². The van der Waals surface area contributed by atoms with Crippen LogP contribution in [0.15, 0.2) is 76.0 Å². The van der Waals surface area contributed by atoms with Crippen molar-refractivity contribution in [1.29, 1.82) is 0 Å². The highest BCUT2D eigenvalue weighted by Gasteiger charge is 2.15. The minimum atomic E-state index is -0.194. The lowest BCUT2D eigenvalue weighted by Crippen LogP contribution is -2.35. The minimum absolute atomic E-state index is 0.0861. The third kappa shape index (κ3) is 6.17. The molecule has 5 nitrogen and oxygen atoms in total. The van der Waals surface area contributed by atoms with Gasteiger partial charge in [0.15, 0.2) is 10.7 Å². The summed E-state index contributed by atoms with van der Waals surface area (Å²) >= 11 is 12.6. The largest absolute Gasteiger partial charge is 0.436 e. The van der Waals surface area contributed by atoms with E-state index in [9.17, 15) is 4.79 Å². The molecule has 0 fully saturated rings. The van der Waals surface area contributed by atoms with E-state index in [0.29, 0.717) is 27.7 Å². The molecule has 0 saturated heterocycles. The highest BCUT2D eigenvalue weighted by atomic mass is 35.5. The van der Waals surface area contributed by atoms with E-state index < -0.39 is 0 Å². The number of benzene rings is 3. The molecule has 0 aliphatic carbocycles. The molecule has 0 unspecified atom stereocenters. The second kappa shape index (κ2) is 10.2. The average molecular weight is 510 g/mol. The van der Waals surface area contributed by atoms with Crippen LogP contribution in [0.2, 0.25) is 5.02 Å². The number of nitrogens with zero attached hydrogens (tertiary/aromatic N) is 1. The number of carbonyl (C=O) groups is 1. The van der Waals surface area contributed by atoms with Crippen molar-refractivity contribution in [2.24, 2.45) is 0 Å². The average Bonchev–Trinajstić information content (AvgIpc) is 3.21. The van der Waals surface area contributed by atoms with Crippen LogP contribution >= 0.6 is 35.6 Å². The SMILES string of the molecule is CC(C)(C)c1ccc(-c2nc3cc(NC(=S)NC(=O)CSc4ccc(Cl)cc4)ccc3o2)cc1. The lowest BCUT2D eigenvalue weighted by Gasteiger charge is -2.18. The summed E-state index contributed by atoms with van der Waals surface area (Å²) in [6, 6.07) is 21.1.